The molecule has 4 fully saturated rings. The van der Waals surface area contributed by atoms with E-state index >= 15 is 4.39 Å². The fraction of sp³-hybridized carbons (Fsp3) is 0.424. The van der Waals surface area contributed by atoms with Gasteiger partial charge in [0.2, 0.25) is 5.88 Å². The number of furan rings is 1. The summed E-state index contributed by atoms with van der Waals surface area (Å²) in [4.78, 5) is 9.11. The van der Waals surface area contributed by atoms with E-state index in [2.05, 4.69) is 21.0 Å². The zero-order valence-corrected chi connectivity index (χ0v) is 23.5. The molecule has 0 spiro atoms. The smallest absolute Gasteiger partial charge is 0.216 e. The lowest BCUT2D eigenvalue weighted by Gasteiger charge is -2.34. The van der Waals surface area contributed by atoms with E-state index in [9.17, 15) is 13.9 Å². The maximum atomic E-state index is 16.5. The number of hydrogen-bond acceptors (Lipinski definition) is 7. The Hall–Kier alpha value is -3.94. The fourth-order valence-electron chi connectivity index (χ4n) is 7.86. The second kappa shape index (κ2) is 9.79. The number of aromatic nitrogens is 1. The Morgan fingerprint density at radius 3 is 2.77 bits per heavy atom. The third kappa shape index (κ3) is 4.24. The third-order valence-electron chi connectivity index (χ3n) is 9.78. The van der Waals surface area contributed by atoms with Gasteiger partial charge in [-0.25, -0.2) is 13.2 Å². The quantitative estimate of drug-likeness (QED) is 0.298. The van der Waals surface area contributed by atoms with Gasteiger partial charge in [-0.15, -0.1) is 6.42 Å². The first-order valence-corrected chi connectivity index (χ1v) is 14.9. The van der Waals surface area contributed by atoms with E-state index in [1.165, 1.54) is 30.3 Å². The summed E-state index contributed by atoms with van der Waals surface area (Å²) in [6.07, 6.45) is 9.09. The Labute approximate surface area is 246 Å². The average Bonchev–Trinajstić information content (AvgIpc) is 3.72. The lowest BCUT2D eigenvalue weighted by atomic mass is 9.95. The monoisotopic (exact) mass is 588 g/mol. The van der Waals surface area contributed by atoms with E-state index < -0.39 is 17.8 Å². The molecule has 7 nitrogen and oxygen atoms in total. The second-order valence-corrected chi connectivity index (χ2v) is 12.5. The lowest BCUT2D eigenvalue weighted by Crippen LogP contribution is -2.51. The molecule has 222 valence electrons. The van der Waals surface area contributed by atoms with Crippen molar-refractivity contribution < 1.29 is 27.4 Å². The number of hydrogen-bond donors (Lipinski definition) is 2. The molecule has 4 aliphatic heterocycles. The van der Waals surface area contributed by atoms with Crippen molar-refractivity contribution in [3.8, 4) is 35.3 Å². The highest BCUT2D eigenvalue weighted by Crippen LogP contribution is 2.44. The highest BCUT2D eigenvalue weighted by molar-refractivity contribution is 6.03. The number of anilines is 1. The van der Waals surface area contributed by atoms with E-state index in [0.717, 1.165) is 32.2 Å². The number of nitrogens with one attached hydrogen (secondary N) is 1. The van der Waals surface area contributed by atoms with E-state index in [1.54, 1.807) is 0 Å². The minimum Gasteiger partial charge on any atom is -0.508 e. The molecule has 43 heavy (non-hydrogen) atoms. The summed E-state index contributed by atoms with van der Waals surface area (Å²) >= 11 is 0. The van der Waals surface area contributed by atoms with Crippen LogP contribution in [0, 0.1) is 24.0 Å². The van der Waals surface area contributed by atoms with Crippen molar-refractivity contribution in [3.05, 3.63) is 47.5 Å². The van der Waals surface area contributed by atoms with Gasteiger partial charge in [0.15, 0.2) is 23.0 Å². The summed E-state index contributed by atoms with van der Waals surface area (Å²) in [6.45, 7) is 2.84. The number of terminal acetylenes is 1. The predicted molar refractivity (Wildman–Crippen MR) is 157 cm³/mol. The molecule has 8 rings (SSSR count). The maximum Gasteiger partial charge on any atom is 0.216 e. The first-order valence-electron chi connectivity index (χ1n) is 14.9. The third-order valence-corrected chi connectivity index (χ3v) is 9.78. The van der Waals surface area contributed by atoms with Gasteiger partial charge in [-0.3, -0.25) is 4.90 Å². The van der Waals surface area contributed by atoms with Gasteiger partial charge in [0.1, 0.15) is 24.3 Å². The minimum absolute atomic E-state index is 0.0449. The molecule has 2 aromatic carbocycles. The molecule has 2 unspecified atom stereocenters. The molecule has 2 bridgehead atoms. The van der Waals surface area contributed by atoms with Crippen LogP contribution in [0.4, 0.5) is 19.0 Å². The van der Waals surface area contributed by atoms with Crippen molar-refractivity contribution >= 4 is 27.6 Å². The van der Waals surface area contributed by atoms with Crippen LogP contribution in [0.3, 0.4) is 0 Å². The van der Waals surface area contributed by atoms with Crippen LogP contribution in [-0.2, 0) is 0 Å². The fourth-order valence-corrected chi connectivity index (χ4v) is 7.86. The highest BCUT2D eigenvalue weighted by Gasteiger charge is 2.49. The van der Waals surface area contributed by atoms with Crippen molar-refractivity contribution in [2.75, 3.05) is 37.7 Å². The number of fused-ring (bicyclic) bond motifs is 5. The SMILES string of the molecule is C#Cc1c(F)ccc2cc(O)cc(-c3oc4c(N5CC6CCC(C5)N6)nc(OC[C@@]56CCCN5C[C@H](F)C6)cc4c3F)c12. The van der Waals surface area contributed by atoms with Gasteiger partial charge in [0.25, 0.3) is 0 Å². The largest absolute Gasteiger partial charge is 0.508 e. The van der Waals surface area contributed by atoms with Gasteiger partial charge < -0.3 is 24.5 Å². The van der Waals surface area contributed by atoms with E-state index in [4.69, 9.17) is 20.6 Å². The molecule has 4 atom stereocenters. The number of benzene rings is 2. The van der Waals surface area contributed by atoms with E-state index in [-0.39, 0.29) is 69.1 Å². The Bertz CT molecular complexity index is 1810. The molecule has 0 radical (unpaired) electrons. The summed E-state index contributed by atoms with van der Waals surface area (Å²) in [5, 5.41) is 15.0. The number of pyridine rings is 1. The van der Waals surface area contributed by atoms with Crippen LogP contribution < -0.4 is 15.0 Å². The zero-order valence-electron chi connectivity index (χ0n) is 23.5. The highest BCUT2D eigenvalue weighted by atomic mass is 19.1. The van der Waals surface area contributed by atoms with Gasteiger partial charge >= 0.3 is 0 Å². The molecule has 0 aliphatic carbocycles. The average molecular weight is 589 g/mol. The molecule has 4 aromatic rings. The number of ether oxygens (including phenoxy) is 1. The van der Waals surface area contributed by atoms with Crippen LogP contribution >= 0.6 is 0 Å². The van der Waals surface area contributed by atoms with Crippen molar-refractivity contribution in [2.24, 2.45) is 0 Å². The Morgan fingerprint density at radius 1 is 1.16 bits per heavy atom. The van der Waals surface area contributed by atoms with Crippen LogP contribution in [0.2, 0.25) is 0 Å². The molecule has 2 N–H and O–H groups in total. The molecule has 4 saturated heterocycles. The van der Waals surface area contributed by atoms with Crippen molar-refractivity contribution in [3.63, 3.8) is 0 Å². The van der Waals surface area contributed by atoms with Crippen molar-refractivity contribution in [1.82, 2.24) is 15.2 Å². The summed E-state index contributed by atoms with van der Waals surface area (Å²) in [7, 11) is 0. The Morgan fingerprint density at radius 2 is 1.98 bits per heavy atom. The molecule has 4 aliphatic rings. The van der Waals surface area contributed by atoms with E-state index in [1.807, 2.05) is 0 Å². The van der Waals surface area contributed by atoms with Gasteiger partial charge in [-0.1, -0.05) is 12.0 Å². The molecular formula is C33H31F3N4O3. The molecule has 10 heteroatoms. The first kappa shape index (κ1) is 26.7. The first-order chi connectivity index (χ1) is 20.8. The topological polar surface area (TPSA) is 74.0 Å². The normalized spacial score (nSPS) is 26.8. The second-order valence-electron chi connectivity index (χ2n) is 12.5. The van der Waals surface area contributed by atoms with Gasteiger partial charge in [-0.05, 0) is 55.8 Å². The van der Waals surface area contributed by atoms with E-state index in [0.29, 0.717) is 37.3 Å². The summed E-state index contributed by atoms with van der Waals surface area (Å²) < 4.78 is 58.3. The number of phenolic OH excluding ortho intramolecular Hbond substituents is 1. The van der Waals surface area contributed by atoms with Gasteiger partial charge in [0, 0.05) is 55.2 Å². The number of phenols is 1. The van der Waals surface area contributed by atoms with Gasteiger partial charge in [0.05, 0.1) is 16.5 Å². The number of rotatable bonds is 5. The molecule has 6 heterocycles. The number of piperazine rings is 1. The Balaban J connectivity index is 1.27. The number of nitrogens with zero attached hydrogens (tertiary/aromatic N) is 3. The standard InChI is InChI=1S/C33H31F3N4O3/c1-2-23-26(35)7-4-18-10-22(41)11-24(28(18)23)30-29(36)25-12-27(42-17-33-8-3-9-40(33)14-19(34)13-33)38-32(31(25)43-30)39-15-20-5-6-21(16-39)37-20/h1,4,7,10-12,19-21,37,41H,3,5-6,8-9,13-17H2/t19-,20?,21?,33+/m1/s1. The van der Waals surface area contributed by atoms with Crippen LogP contribution in [0.25, 0.3) is 33.1 Å². The minimum atomic E-state index is -0.894. The summed E-state index contributed by atoms with van der Waals surface area (Å²) in [5.74, 6) is 1.44. The van der Waals surface area contributed by atoms with Gasteiger partial charge in [-0.2, -0.15) is 4.98 Å². The predicted octanol–water partition coefficient (Wildman–Crippen LogP) is 5.51. The summed E-state index contributed by atoms with van der Waals surface area (Å²) in [6, 6.07) is 7.57. The zero-order chi connectivity index (χ0) is 29.5. The Kier molecular flexibility index (Phi) is 6.07. The molecular weight excluding hydrogens is 557 g/mol. The number of halogens is 3. The lowest BCUT2D eigenvalue weighted by molar-refractivity contribution is 0.111. The van der Waals surface area contributed by atoms with Crippen LogP contribution in [0.1, 0.15) is 37.7 Å². The van der Waals surface area contributed by atoms with Crippen LogP contribution in [0.5, 0.6) is 11.6 Å². The summed E-state index contributed by atoms with van der Waals surface area (Å²) in [5.41, 5.74) is -0.0516. The molecule has 0 saturated carbocycles. The van der Waals surface area contributed by atoms with Crippen molar-refractivity contribution in [1.29, 1.82) is 0 Å². The van der Waals surface area contributed by atoms with Crippen LogP contribution in [0.15, 0.2) is 34.7 Å². The molecule has 2 aromatic heterocycles. The number of alkyl halides is 1. The maximum absolute atomic E-state index is 16.5. The van der Waals surface area contributed by atoms with Crippen molar-refractivity contribution in [2.45, 2.75) is 55.9 Å². The number of aromatic hydroxyl groups is 1. The molecule has 0 amide bonds. The van der Waals surface area contributed by atoms with Crippen LogP contribution in [-0.4, -0.2) is 71.6 Å².